The average molecular weight is 342 g/mol. The first kappa shape index (κ1) is 16.2. The minimum absolute atomic E-state index is 0.0450. The maximum absolute atomic E-state index is 12.6. The maximum Gasteiger partial charge on any atom is 0.205 e. The predicted molar refractivity (Wildman–Crippen MR) is 98.4 cm³/mol. The molecule has 0 amide bonds. The Bertz CT molecular complexity index is 963. The van der Waals surface area contributed by atoms with Crippen molar-refractivity contribution in [2.45, 2.75) is 25.2 Å². The number of benzene rings is 2. The lowest BCUT2D eigenvalue weighted by atomic mass is 9.77. The molecule has 4 heteroatoms. The van der Waals surface area contributed by atoms with E-state index in [1.165, 1.54) is 0 Å². The molecular weight excluding hydrogens is 324 g/mol. The third-order valence-electron chi connectivity index (χ3n) is 4.96. The summed E-state index contributed by atoms with van der Waals surface area (Å²) < 4.78 is 5.60. The molecule has 4 nitrogen and oxygen atoms in total. The van der Waals surface area contributed by atoms with Crippen molar-refractivity contribution in [2.75, 3.05) is 0 Å². The lowest BCUT2D eigenvalue weighted by Crippen LogP contribution is -2.27. The third kappa shape index (κ3) is 2.68. The Hall–Kier alpha value is -3.32. The average Bonchev–Trinajstić information content (AvgIpc) is 2.68. The van der Waals surface area contributed by atoms with Gasteiger partial charge in [-0.05, 0) is 23.1 Å². The van der Waals surface area contributed by atoms with Gasteiger partial charge in [-0.15, -0.1) is 0 Å². The number of nitriles is 1. The fraction of sp³-hybridized carbons (Fsp3) is 0.182. The van der Waals surface area contributed by atoms with Crippen LogP contribution in [0.2, 0.25) is 0 Å². The van der Waals surface area contributed by atoms with E-state index in [9.17, 15) is 10.1 Å². The number of nitrogens with zero attached hydrogens (tertiary/aromatic N) is 1. The molecule has 4 rings (SSSR count). The van der Waals surface area contributed by atoms with Crippen LogP contribution in [0, 0.1) is 11.3 Å². The lowest BCUT2D eigenvalue weighted by molar-refractivity contribution is -0.116. The van der Waals surface area contributed by atoms with Crippen molar-refractivity contribution in [3.05, 3.63) is 82.9 Å². The van der Waals surface area contributed by atoms with E-state index in [1.807, 2.05) is 54.6 Å². The van der Waals surface area contributed by atoms with Crippen LogP contribution in [-0.2, 0) is 9.53 Å². The summed E-state index contributed by atoms with van der Waals surface area (Å²) in [6.07, 6.45) is 1.92. The molecule has 0 saturated carbocycles. The predicted octanol–water partition coefficient (Wildman–Crippen LogP) is 4.17. The van der Waals surface area contributed by atoms with Crippen LogP contribution >= 0.6 is 0 Å². The van der Waals surface area contributed by atoms with E-state index in [0.717, 1.165) is 23.1 Å². The maximum atomic E-state index is 12.6. The number of rotatable bonds is 2. The van der Waals surface area contributed by atoms with Gasteiger partial charge >= 0.3 is 0 Å². The highest BCUT2D eigenvalue weighted by atomic mass is 16.5. The van der Waals surface area contributed by atoms with E-state index in [2.05, 4.69) is 6.07 Å². The molecule has 0 aromatic heterocycles. The third-order valence-corrected chi connectivity index (χ3v) is 4.96. The summed E-state index contributed by atoms with van der Waals surface area (Å²) in [5.41, 5.74) is 9.97. The molecule has 2 aliphatic rings. The zero-order chi connectivity index (χ0) is 18.1. The molecule has 0 unspecified atom stereocenters. The second-order valence-electron chi connectivity index (χ2n) is 6.53. The summed E-state index contributed by atoms with van der Waals surface area (Å²) in [6.45, 7) is 0. The molecule has 2 aromatic carbocycles. The molecular formula is C22H18N2O2. The highest BCUT2D eigenvalue weighted by Gasteiger charge is 2.37. The van der Waals surface area contributed by atoms with Crippen LogP contribution < -0.4 is 5.73 Å². The fourth-order valence-electron chi connectivity index (χ4n) is 3.69. The molecule has 2 N–H and O–H groups in total. The summed E-state index contributed by atoms with van der Waals surface area (Å²) in [6, 6.07) is 20.2. The van der Waals surface area contributed by atoms with Crippen molar-refractivity contribution in [3.8, 4) is 17.2 Å². The summed E-state index contributed by atoms with van der Waals surface area (Å²) in [4.78, 5) is 12.6. The Morgan fingerprint density at radius 3 is 2.38 bits per heavy atom. The van der Waals surface area contributed by atoms with Gasteiger partial charge in [0.25, 0.3) is 0 Å². The number of Topliss-reactive ketones (excluding diaryl/α,β-unsaturated/α-hetero) is 1. The molecule has 0 spiro atoms. The van der Waals surface area contributed by atoms with Gasteiger partial charge in [0.1, 0.15) is 17.4 Å². The van der Waals surface area contributed by atoms with Crippen LogP contribution in [0.25, 0.3) is 11.1 Å². The highest BCUT2D eigenvalue weighted by Crippen LogP contribution is 2.43. The molecule has 0 fully saturated rings. The SMILES string of the molecule is N#CC1=C(N)OC2=C(C(=O)CCC2)[C@@H]1c1ccc(-c2ccccc2)cc1. The van der Waals surface area contributed by atoms with E-state index in [-0.39, 0.29) is 11.7 Å². The van der Waals surface area contributed by atoms with Crippen molar-refractivity contribution in [2.24, 2.45) is 5.73 Å². The quantitative estimate of drug-likeness (QED) is 0.889. The second-order valence-corrected chi connectivity index (χ2v) is 6.53. The molecule has 0 saturated heterocycles. The molecule has 128 valence electrons. The Morgan fingerprint density at radius 1 is 1.00 bits per heavy atom. The van der Waals surface area contributed by atoms with Crippen LogP contribution in [0.3, 0.4) is 0 Å². The van der Waals surface area contributed by atoms with E-state index < -0.39 is 5.92 Å². The molecule has 1 heterocycles. The summed E-state index contributed by atoms with van der Waals surface area (Å²) >= 11 is 0. The van der Waals surface area contributed by atoms with Crippen molar-refractivity contribution in [1.29, 1.82) is 5.26 Å². The minimum Gasteiger partial charge on any atom is -0.444 e. The molecule has 1 aliphatic heterocycles. The van der Waals surface area contributed by atoms with Gasteiger partial charge in [-0.1, -0.05) is 54.6 Å². The van der Waals surface area contributed by atoms with Crippen LogP contribution in [0.15, 0.2) is 77.4 Å². The number of allylic oxidation sites excluding steroid dienone is 3. The molecule has 2 aromatic rings. The van der Waals surface area contributed by atoms with Crippen LogP contribution in [0.5, 0.6) is 0 Å². The largest absolute Gasteiger partial charge is 0.444 e. The van der Waals surface area contributed by atoms with Gasteiger partial charge in [-0.2, -0.15) is 5.26 Å². The number of nitrogens with two attached hydrogens (primary N) is 1. The monoisotopic (exact) mass is 342 g/mol. The van der Waals surface area contributed by atoms with E-state index in [0.29, 0.717) is 29.7 Å². The lowest BCUT2D eigenvalue weighted by Gasteiger charge is -2.31. The van der Waals surface area contributed by atoms with Gasteiger partial charge in [-0.3, -0.25) is 4.79 Å². The van der Waals surface area contributed by atoms with Gasteiger partial charge in [0.15, 0.2) is 5.78 Å². The topological polar surface area (TPSA) is 76.1 Å². The Balaban J connectivity index is 1.78. The zero-order valence-electron chi connectivity index (χ0n) is 14.2. The summed E-state index contributed by atoms with van der Waals surface area (Å²) in [5, 5.41) is 9.60. The van der Waals surface area contributed by atoms with Crippen LogP contribution in [0.1, 0.15) is 30.7 Å². The normalized spacial score (nSPS) is 19.7. The standard InChI is InChI=1S/C22H18N2O2/c23-13-17-20(21-18(25)7-4-8-19(21)26-22(17)24)16-11-9-15(10-12-16)14-5-2-1-3-6-14/h1-3,5-6,9-12,20H,4,7-8,24H2/t20-/m1/s1. The first-order chi connectivity index (χ1) is 12.7. The van der Waals surface area contributed by atoms with Gasteiger partial charge in [-0.25, -0.2) is 0 Å². The Morgan fingerprint density at radius 2 is 1.69 bits per heavy atom. The summed E-state index contributed by atoms with van der Waals surface area (Å²) in [7, 11) is 0. The zero-order valence-corrected chi connectivity index (χ0v) is 14.2. The minimum atomic E-state index is -0.443. The van der Waals surface area contributed by atoms with Crippen molar-refractivity contribution >= 4 is 5.78 Å². The van der Waals surface area contributed by atoms with Gasteiger partial charge < -0.3 is 10.5 Å². The number of ether oxygens (including phenoxy) is 1. The molecule has 0 radical (unpaired) electrons. The van der Waals surface area contributed by atoms with Crippen molar-refractivity contribution in [3.63, 3.8) is 0 Å². The highest BCUT2D eigenvalue weighted by molar-refractivity contribution is 5.99. The van der Waals surface area contributed by atoms with Crippen LogP contribution in [-0.4, -0.2) is 5.78 Å². The van der Waals surface area contributed by atoms with Crippen molar-refractivity contribution in [1.82, 2.24) is 0 Å². The Labute approximate surface area is 152 Å². The Kier molecular flexibility index (Phi) is 4.06. The van der Waals surface area contributed by atoms with E-state index >= 15 is 0 Å². The van der Waals surface area contributed by atoms with E-state index in [4.69, 9.17) is 10.5 Å². The van der Waals surface area contributed by atoms with Crippen LogP contribution in [0.4, 0.5) is 0 Å². The molecule has 26 heavy (non-hydrogen) atoms. The molecule has 1 atom stereocenters. The first-order valence-electron chi connectivity index (χ1n) is 8.68. The smallest absolute Gasteiger partial charge is 0.205 e. The number of carbonyl (C=O) groups is 1. The van der Waals surface area contributed by atoms with Gasteiger partial charge in [0.05, 0.1) is 5.92 Å². The van der Waals surface area contributed by atoms with E-state index in [1.54, 1.807) is 0 Å². The van der Waals surface area contributed by atoms with Gasteiger partial charge in [0.2, 0.25) is 5.88 Å². The number of hydrogen-bond acceptors (Lipinski definition) is 4. The van der Waals surface area contributed by atoms with Gasteiger partial charge in [0, 0.05) is 18.4 Å². The number of ketones is 1. The molecule has 1 aliphatic carbocycles. The first-order valence-corrected chi connectivity index (χ1v) is 8.68. The second kappa shape index (κ2) is 6.53. The van der Waals surface area contributed by atoms with Crippen molar-refractivity contribution < 1.29 is 9.53 Å². The molecule has 0 bridgehead atoms. The number of hydrogen-bond donors (Lipinski definition) is 1. The summed E-state index contributed by atoms with van der Waals surface area (Å²) in [5.74, 6) is 0.331. The number of carbonyl (C=O) groups excluding carboxylic acids is 1. The fourth-order valence-corrected chi connectivity index (χ4v) is 3.69.